The highest BCUT2D eigenvalue weighted by Crippen LogP contribution is 2.24. The van der Waals surface area contributed by atoms with E-state index < -0.39 is 5.97 Å². The third kappa shape index (κ3) is 2.73. The van der Waals surface area contributed by atoms with E-state index in [-0.39, 0.29) is 16.6 Å². The lowest BCUT2D eigenvalue weighted by Crippen LogP contribution is -2.01. The van der Waals surface area contributed by atoms with E-state index in [1.165, 1.54) is 12.1 Å². The minimum Gasteiger partial charge on any atom is -0.477 e. The third-order valence-corrected chi connectivity index (χ3v) is 2.22. The van der Waals surface area contributed by atoms with E-state index in [9.17, 15) is 4.79 Å². The molecule has 0 amide bonds. The third-order valence-electron chi connectivity index (χ3n) is 2.01. The normalized spacial score (nSPS) is 9.94. The van der Waals surface area contributed by atoms with Crippen LogP contribution in [0.15, 0.2) is 42.5 Å². The zero-order valence-electron chi connectivity index (χ0n) is 8.63. The van der Waals surface area contributed by atoms with Crippen molar-refractivity contribution in [3.05, 3.63) is 53.2 Å². The number of pyridine rings is 1. The summed E-state index contributed by atoms with van der Waals surface area (Å²) in [5.74, 6) is -0.624. The predicted molar refractivity (Wildman–Crippen MR) is 62.7 cm³/mol. The maximum absolute atomic E-state index is 11.0. The zero-order valence-corrected chi connectivity index (χ0v) is 9.39. The number of aromatic carboxylic acids is 1. The number of ether oxygens (including phenoxy) is 1. The van der Waals surface area contributed by atoms with Gasteiger partial charge in [-0.25, -0.2) is 9.78 Å². The highest BCUT2D eigenvalue weighted by molar-refractivity contribution is 6.29. The molecule has 5 heteroatoms. The van der Waals surface area contributed by atoms with Gasteiger partial charge in [-0.2, -0.15) is 0 Å². The van der Waals surface area contributed by atoms with Crippen LogP contribution >= 0.6 is 11.6 Å². The number of halogens is 1. The molecule has 0 bridgehead atoms. The maximum atomic E-state index is 11.0. The first-order valence-electron chi connectivity index (χ1n) is 4.79. The van der Waals surface area contributed by atoms with E-state index in [4.69, 9.17) is 21.4 Å². The Balaban J connectivity index is 2.37. The molecule has 0 atom stereocenters. The van der Waals surface area contributed by atoms with Crippen LogP contribution in [0, 0.1) is 0 Å². The van der Waals surface area contributed by atoms with Crippen molar-refractivity contribution in [1.29, 1.82) is 0 Å². The van der Waals surface area contributed by atoms with Gasteiger partial charge in [0.2, 0.25) is 5.88 Å². The van der Waals surface area contributed by atoms with Gasteiger partial charge in [-0.15, -0.1) is 0 Å². The molecule has 1 aromatic heterocycles. The Hall–Kier alpha value is -2.07. The first kappa shape index (κ1) is 11.4. The molecule has 1 heterocycles. The summed E-state index contributed by atoms with van der Waals surface area (Å²) in [5, 5.41) is 9.15. The number of nitrogens with zero attached hydrogens (tertiary/aromatic N) is 1. The van der Waals surface area contributed by atoms with E-state index in [1.54, 1.807) is 24.3 Å². The Morgan fingerprint density at radius 2 is 1.88 bits per heavy atom. The van der Waals surface area contributed by atoms with Crippen LogP contribution in [0.25, 0.3) is 0 Å². The van der Waals surface area contributed by atoms with E-state index in [2.05, 4.69) is 4.98 Å². The lowest BCUT2D eigenvalue weighted by Gasteiger charge is -2.07. The summed E-state index contributed by atoms with van der Waals surface area (Å²) in [6, 6.07) is 11.6. The molecule has 4 nitrogen and oxygen atoms in total. The number of aromatic nitrogens is 1. The highest BCUT2D eigenvalue weighted by Gasteiger charge is 2.14. The van der Waals surface area contributed by atoms with Gasteiger partial charge in [0.1, 0.15) is 16.5 Å². The van der Waals surface area contributed by atoms with Crippen molar-refractivity contribution in [1.82, 2.24) is 4.98 Å². The zero-order chi connectivity index (χ0) is 12.3. The van der Waals surface area contributed by atoms with Crippen molar-refractivity contribution in [2.24, 2.45) is 0 Å². The van der Waals surface area contributed by atoms with Crippen molar-refractivity contribution >= 4 is 17.6 Å². The fourth-order valence-electron chi connectivity index (χ4n) is 1.26. The number of rotatable bonds is 3. The Morgan fingerprint density at radius 3 is 2.53 bits per heavy atom. The second-order valence-corrected chi connectivity index (χ2v) is 3.59. The second kappa shape index (κ2) is 4.84. The van der Waals surface area contributed by atoms with Gasteiger partial charge in [0, 0.05) is 0 Å². The Labute approximate surface area is 102 Å². The topological polar surface area (TPSA) is 59.4 Å². The van der Waals surface area contributed by atoms with Gasteiger partial charge >= 0.3 is 5.97 Å². The molecule has 0 saturated carbocycles. The molecular weight excluding hydrogens is 242 g/mol. The number of para-hydroxylation sites is 1. The molecule has 2 aromatic rings. The summed E-state index contributed by atoms with van der Waals surface area (Å²) in [4.78, 5) is 14.8. The van der Waals surface area contributed by atoms with Crippen molar-refractivity contribution in [3.8, 4) is 11.6 Å². The highest BCUT2D eigenvalue weighted by atomic mass is 35.5. The molecule has 0 aliphatic heterocycles. The average molecular weight is 250 g/mol. The molecule has 17 heavy (non-hydrogen) atoms. The molecule has 0 aliphatic carbocycles. The number of carboxylic acids is 1. The van der Waals surface area contributed by atoms with E-state index in [1.807, 2.05) is 6.07 Å². The molecule has 1 N–H and O–H groups in total. The number of benzene rings is 1. The van der Waals surface area contributed by atoms with Crippen LogP contribution in [-0.4, -0.2) is 16.1 Å². The second-order valence-electron chi connectivity index (χ2n) is 3.21. The summed E-state index contributed by atoms with van der Waals surface area (Å²) in [6.45, 7) is 0. The van der Waals surface area contributed by atoms with Crippen LogP contribution in [0.4, 0.5) is 0 Å². The lowest BCUT2D eigenvalue weighted by molar-refractivity contribution is 0.0693. The van der Waals surface area contributed by atoms with Gasteiger partial charge in [-0.3, -0.25) is 0 Å². The first-order valence-corrected chi connectivity index (χ1v) is 5.17. The van der Waals surface area contributed by atoms with E-state index >= 15 is 0 Å². The van der Waals surface area contributed by atoms with Crippen molar-refractivity contribution in [3.63, 3.8) is 0 Å². The van der Waals surface area contributed by atoms with Gasteiger partial charge in [0.15, 0.2) is 0 Å². The molecule has 0 radical (unpaired) electrons. The standard InChI is InChI=1S/C12H8ClNO3/c13-10-7-6-9(12(15)16)11(14-10)17-8-4-2-1-3-5-8/h1-7H,(H,15,16). The molecule has 86 valence electrons. The van der Waals surface area contributed by atoms with Crippen LogP contribution in [0.5, 0.6) is 11.6 Å². The number of hydrogen-bond acceptors (Lipinski definition) is 3. The maximum Gasteiger partial charge on any atom is 0.341 e. The monoisotopic (exact) mass is 249 g/mol. The fourth-order valence-corrected chi connectivity index (χ4v) is 1.40. The summed E-state index contributed by atoms with van der Waals surface area (Å²) in [6.07, 6.45) is 0. The molecular formula is C12H8ClNO3. The summed E-state index contributed by atoms with van der Waals surface area (Å²) in [7, 11) is 0. The smallest absolute Gasteiger partial charge is 0.341 e. The Bertz CT molecular complexity index is 543. The Morgan fingerprint density at radius 1 is 1.18 bits per heavy atom. The van der Waals surface area contributed by atoms with Crippen molar-refractivity contribution in [2.45, 2.75) is 0 Å². The van der Waals surface area contributed by atoms with Crippen LogP contribution < -0.4 is 4.74 Å². The summed E-state index contributed by atoms with van der Waals surface area (Å²) < 4.78 is 5.38. The SMILES string of the molecule is O=C(O)c1ccc(Cl)nc1Oc1ccccc1. The summed E-state index contributed by atoms with van der Waals surface area (Å²) >= 11 is 5.70. The Kier molecular flexibility index (Phi) is 3.25. The summed E-state index contributed by atoms with van der Waals surface area (Å²) in [5.41, 5.74) is -0.0294. The molecule has 2 rings (SSSR count). The lowest BCUT2D eigenvalue weighted by atomic mass is 10.3. The number of carbonyl (C=O) groups is 1. The minimum atomic E-state index is -1.11. The van der Waals surface area contributed by atoms with Crippen LogP contribution in [-0.2, 0) is 0 Å². The van der Waals surface area contributed by atoms with Gasteiger partial charge in [-0.1, -0.05) is 29.8 Å². The van der Waals surface area contributed by atoms with E-state index in [0.717, 1.165) is 0 Å². The number of hydrogen-bond donors (Lipinski definition) is 1. The molecule has 0 saturated heterocycles. The molecule has 0 aliphatic rings. The van der Waals surface area contributed by atoms with Gasteiger partial charge in [0.05, 0.1) is 0 Å². The van der Waals surface area contributed by atoms with Crippen LogP contribution in [0.2, 0.25) is 5.15 Å². The predicted octanol–water partition coefficient (Wildman–Crippen LogP) is 3.23. The molecule has 1 aromatic carbocycles. The molecule has 0 fully saturated rings. The van der Waals surface area contributed by atoms with E-state index in [0.29, 0.717) is 5.75 Å². The fraction of sp³-hybridized carbons (Fsp3) is 0. The van der Waals surface area contributed by atoms with Gasteiger partial charge < -0.3 is 9.84 Å². The van der Waals surface area contributed by atoms with Crippen LogP contribution in [0.3, 0.4) is 0 Å². The first-order chi connectivity index (χ1) is 8.16. The average Bonchev–Trinajstić information content (AvgIpc) is 2.30. The largest absolute Gasteiger partial charge is 0.477 e. The van der Waals surface area contributed by atoms with Gasteiger partial charge in [0.25, 0.3) is 0 Å². The minimum absolute atomic E-state index is 0.0174. The quantitative estimate of drug-likeness (QED) is 0.849. The van der Waals surface area contributed by atoms with Crippen LogP contribution in [0.1, 0.15) is 10.4 Å². The van der Waals surface area contributed by atoms with Crippen molar-refractivity contribution in [2.75, 3.05) is 0 Å². The van der Waals surface area contributed by atoms with Gasteiger partial charge in [-0.05, 0) is 24.3 Å². The van der Waals surface area contributed by atoms with Crippen molar-refractivity contribution < 1.29 is 14.6 Å². The number of carboxylic acid groups (broad SMARTS) is 1. The molecule has 0 spiro atoms. The molecule has 0 unspecified atom stereocenters.